The smallest absolute Gasteiger partial charge is 0.324 e. The Labute approximate surface area is 167 Å². The number of hydrogen-bond acceptors (Lipinski definition) is 4. The van der Waals surface area contributed by atoms with Crippen molar-refractivity contribution in [2.24, 2.45) is 5.41 Å². The second-order valence-electron chi connectivity index (χ2n) is 6.42. The predicted octanol–water partition coefficient (Wildman–Crippen LogP) is 5.01. The summed E-state index contributed by atoms with van der Waals surface area (Å²) in [7, 11) is 0. The largest absolute Gasteiger partial charge is 0.465 e. The lowest BCUT2D eigenvalue weighted by atomic mass is 9.69. The maximum atomic E-state index is 13.1. The van der Waals surface area contributed by atoms with Crippen molar-refractivity contribution in [2.75, 3.05) is 13.2 Å². The van der Waals surface area contributed by atoms with E-state index in [9.17, 15) is 9.59 Å². The molecule has 2 aromatic rings. The van der Waals surface area contributed by atoms with Crippen molar-refractivity contribution in [3.63, 3.8) is 0 Å². The lowest BCUT2D eigenvalue weighted by Crippen LogP contribution is -2.46. The summed E-state index contributed by atoms with van der Waals surface area (Å²) >= 11 is 0. The summed E-state index contributed by atoms with van der Waals surface area (Å²) in [5.74, 6) is -1.62. The van der Waals surface area contributed by atoms with Gasteiger partial charge in [0.1, 0.15) is 0 Å². The zero-order valence-corrected chi connectivity index (χ0v) is 16.8. The van der Waals surface area contributed by atoms with Crippen LogP contribution < -0.4 is 0 Å². The first-order valence-electron chi connectivity index (χ1n) is 9.72. The molecule has 2 rings (SSSR count). The fourth-order valence-corrected chi connectivity index (χ4v) is 3.36. The molecule has 0 aliphatic heterocycles. The second kappa shape index (κ2) is 10.5. The van der Waals surface area contributed by atoms with E-state index in [2.05, 4.69) is 0 Å². The molecule has 2 aromatic carbocycles. The van der Waals surface area contributed by atoms with Gasteiger partial charge in [-0.3, -0.25) is 9.59 Å². The first-order chi connectivity index (χ1) is 13.6. The summed E-state index contributed by atoms with van der Waals surface area (Å²) in [6.45, 7) is 5.69. The van der Waals surface area contributed by atoms with Crippen LogP contribution in [0.3, 0.4) is 0 Å². The van der Waals surface area contributed by atoms with E-state index in [4.69, 9.17) is 9.47 Å². The third-order valence-electron chi connectivity index (χ3n) is 4.81. The van der Waals surface area contributed by atoms with Gasteiger partial charge in [0.15, 0.2) is 5.41 Å². The SMILES string of the molecule is CCOC(=O)C(CC)(C(=O)OCC)C(/C=C/c1ccccc1)c1ccccc1. The third-order valence-corrected chi connectivity index (χ3v) is 4.81. The summed E-state index contributed by atoms with van der Waals surface area (Å²) in [5, 5.41) is 0. The van der Waals surface area contributed by atoms with Crippen LogP contribution in [0.15, 0.2) is 66.7 Å². The molecule has 28 heavy (non-hydrogen) atoms. The van der Waals surface area contributed by atoms with Crippen molar-refractivity contribution in [3.8, 4) is 0 Å². The zero-order chi connectivity index (χ0) is 20.4. The molecular weight excluding hydrogens is 352 g/mol. The number of benzene rings is 2. The highest BCUT2D eigenvalue weighted by atomic mass is 16.6. The van der Waals surface area contributed by atoms with E-state index in [-0.39, 0.29) is 19.6 Å². The molecule has 0 spiro atoms. The normalized spacial score (nSPS) is 12.5. The minimum atomic E-state index is -1.45. The molecule has 0 heterocycles. The van der Waals surface area contributed by atoms with Gasteiger partial charge >= 0.3 is 11.9 Å². The summed E-state index contributed by atoms with van der Waals surface area (Å²) in [4.78, 5) is 26.2. The average molecular weight is 380 g/mol. The van der Waals surface area contributed by atoms with Crippen LogP contribution in [0.5, 0.6) is 0 Å². The number of carbonyl (C=O) groups excluding carboxylic acids is 2. The topological polar surface area (TPSA) is 52.6 Å². The molecule has 4 nitrogen and oxygen atoms in total. The van der Waals surface area contributed by atoms with E-state index < -0.39 is 23.3 Å². The van der Waals surface area contributed by atoms with Gasteiger partial charge in [0.2, 0.25) is 0 Å². The third kappa shape index (κ3) is 4.69. The summed E-state index contributed by atoms with van der Waals surface area (Å²) in [5.41, 5.74) is 0.400. The number of rotatable bonds is 9. The van der Waals surface area contributed by atoms with Crippen LogP contribution in [0.25, 0.3) is 6.08 Å². The van der Waals surface area contributed by atoms with Crippen molar-refractivity contribution >= 4 is 18.0 Å². The first-order valence-corrected chi connectivity index (χ1v) is 9.72. The van der Waals surface area contributed by atoms with Gasteiger partial charge < -0.3 is 9.47 Å². The minimum absolute atomic E-state index is 0.198. The quantitative estimate of drug-likeness (QED) is 0.453. The van der Waals surface area contributed by atoms with Crippen LogP contribution in [-0.2, 0) is 19.1 Å². The molecule has 0 aliphatic carbocycles. The Morgan fingerprint density at radius 1 is 0.857 bits per heavy atom. The molecule has 0 saturated heterocycles. The monoisotopic (exact) mass is 380 g/mol. The summed E-state index contributed by atoms with van der Waals surface area (Å²) in [6, 6.07) is 19.3. The molecule has 4 heteroatoms. The number of hydrogen-bond donors (Lipinski definition) is 0. The van der Waals surface area contributed by atoms with E-state index in [1.807, 2.05) is 79.7 Å². The zero-order valence-electron chi connectivity index (χ0n) is 16.8. The highest BCUT2D eigenvalue weighted by molar-refractivity contribution is 6.01. The van der Waals surface area contributed by atoms with Gasteiger partial charge in [0.05, 0.1) is 13.2 Å². The van der Waals surface area contributed by atoms with Crippen LogP contribution in [0, 0.1) is 5.41 Å². The van der Waals surface area contributed by atoms with Gasteiger partial charge in [-0.25, -0.2) is 0 Å². The molecular formula is C24H28O4. The average Bonchev–Trinajstić information content (AvgIpc) is 2.73. The first kappa shape index (κ1) is 21.4. The molecule has 0 radical (unpaired) electrons. The van der Waals surface area contributed by atoms with Crippen molar-refractivity contribution < 1.29 is 19.1 Å². The van der Waals surface area contributed by atoms with Crippen molar-refractivity contribution in [1.82, 2.24) is 0 Å². The van der Waals surface area contributed by atoms with Crippen LogP contribution in [-0.4, -0.2) is 25.2 Å². The van der Waals surface area contributed by atoms with Gasteiger partial charge in [-0.1, -0.05) is 79.7 Å². The number of carbonyl (C=O) groups is 2. The van der Waals surface area contributed by atoms with Crippen LogP contribution >= 0.6 is 0 Å². The number of ether oxygens (including phenoxy) is 2. The van der Waals surface area contributed by atoms with E-state index in [0.717, 1.165) is 11.1 Å². The van der Waals surface area contributed by atoms with Gasteiger partial charge in [-0.15, -0.1) is 0 Å². The van der Waals surface area contributed by atoms with Gasteiger partial charge in [0.25, 0.3) is 0 Å². The van der Waals surface area contributed by atoms with E-state index in [1.165, 1.54) is 0 Å². The van der Waals surface area contributed by atoms with Crippen LogP contribution in [0.1, 0.15) is 44.2 Å². The molecule has 0 aliphatic rings. The maximum absolute atomic E-state index is 13.1. The van der Waals surface area contributed by atoms with E-state index in [1.54, 1.807) is 13.8 Å². The van der Waals surface area contributed by atoms with Crippen LogP contribution in [0.4, 0.5) is 0 Å². The fraction of sp³-hybridized carbons (Fsp3) is 0.333. The summed E-state index contributed by atoms with van der Waals surface area (Å²) < 4.78 is 10.7. The molecule has 0 aromatic heterocycles. The Hall–Kier alpha value is -2.88. The Bertz CT molecular complexity index is 763. The fourth-order valence-electron chi connectivity index (χ4n) is 3.36. The number of esters is 2. The molecule has 0 bridgehead atoms. The predicted molar refractivity (Wildman–Crippen MR) is 111 cm³/mol. The molecule has 0 saturated carbocycles. The standard InChI is InChI=1S/C24H28O4/c1-4-24(22(25)27-5-2,23(26)28-6-3)21(20-15-11-8-12-16-20)18-17-19-13-9-7-10-14-19/h7-18,21H,4-6H2,1-3H3/b18-17+. The van der Waals surface area contributed by atoms with Gasteiger partial charge in [-0.2, -0.15) is 0 Å². The lowest BCUT2D eigenvalue weighted by Gasteiger charge is -2.34. The highest BCUT2D eigenvalue weighted by Crippen LogP contribution is 2.43. The Morgan fingerprint density at radius 3 is 1.82 bits per heavy atom. The second-order valence-corrected chi connectivity index (χ2v) is 6.42. The Morgan fingerprint density at radius 2 is 1.36 bits per heavy atom. The molecule has 0 N–H and O–H groups in total. The lowest BCUT2D eigenvalue weighted by molar-refractivity contribution is -0.173. The maximum Gasteiger partial charge on any atom is 0.324 e. The minimum Gasteiger partial charge on any atom is -0.465 e. The molecule has 0 fully saturated rings. The Kier molecular flexibility index (Phi) is 8.00. The van der Waals surface area contributed by atoms with Gasteiger partial charge in [0, 0.05) is 5.92 Å². The highest BCUT2D eigenvalue weighted by Gasteiger charge is 2.53. The van der Waals surface area contributed by atoms with E-state index in [0.29, 0.717) is 0 Å². The number of allylic oxidation sites excluding steroid dienone is 1. The van der Waals surface area contributed by atoms with Crippen molar-refractivity contribution in [3.05, 3.63) is 77.9 Å². The van der Waals surface area contributed by atoms with Crippen LogP contribution in [0.2, 0.25) is 0 Å². The Balaban J connectivity index is 2.61. The molecule has 1 unspecified atom stereocenters. The van der Waals surface area contributed by atoms with Gasteiger partial charge in [-0.05, 0) is 31.4 Å². The van der Waals surface area contributed by atoms with Crippen molar-refractivity contribution in [2.45, 2.75) is 33.1 Å². The van der Waals surface area contributed by atoms with Crippen molar-refractivity contribution in [1.29, 1.82) is 0 Å². The molecule has 0 amide bonds. The van der Waals surface area contributed by atoms with E-state index >= 15 is 0 Å². The summed E-state index contributed by atoms with van der Waals surface area (Å²) in [6.07, 6.45) is 4.10. The molecule has 148 valence electrons. The molecule has 1 atom stereocenters.